The van der Waals surface area contributed by atoms with Crippen molar-refractivity contribution in [2.24, 2.45) is 5.73 Å². The summed E-state index contributed by atoms with van der Waals surface area (Å²) in [4.78, 5) is 36.8. The van der Waals surface area contributed by atoms with Gasteiger partial charge in [0.05, 0.1) is 16.5 Å². The first-order valence-corrected chi connectivity index (χ1v) is 10.3. The third-order valence-electron chi connectivity index (χ3n) is 4.56. The highest BCUT2D eigenvalue weighted by Crippen LogP contribution is 2.42. The first kappa shape index (κ1) is 22.8. The molecule has 2 amide bonds. The van der Waals surface area contributed by atoms with Gasteiger partial charge >= 0.3 is 12.1 Å². The van der Waals surface area contributed by atoms with Crippen LogP contribution in [0.4, 0.5) is 18.2 Å². The van der Waals surface area contributed by atoms with Crippen molar-refractivity contribution < 1.29 is 32.3 Å². The van der Waals surface area contributed by atoms with Crippen LogP contribution in [0.3, 0.4) is 0 Å². The van der Waals surface area contributed by atoms with Crippen molar-refractivity contribution >= 4 is 34.1 Å². The number of hydrogen-bond acceptors (Lipinski definition) is 6. The van der Waals surface area contributed by atoms with Crippen LogP contribution in [0.25, 0.3) is 0 Å². The Morgan fingerprint density at radius 1 is 1.35 bits per heavy atom. The van der Waals surface area contributed by atoms with Crippen LogP contribution < -0.4 is 11.1 Å². The van der Waals surface area contributed by atoms with E-state index in [1.807, 2.05) is 0 Å². The number of primary amides is 1. The lowest BCUT2D eigenvalue weighted by atomic mass is 10.1. The zero-order chi connectivity index (χ0) is 23.1. The summed E-state index contributed by atoms with van der Waals surface area (Å²) in [5.74, 6) is -2.30. The lowest BCUT2D eigenvalue weighted by Gasteiger charge is -2.11. The Kier molecular flexibility index (Phi) is 6.12. The third kappa shape index (κ3) is 5.06. The van der Waals surface area contributed by atoms with Crippen molar-refractivity contribution in [1.29, 1.82) is 0 Å². The minimum absolute atomic E-state index is 0.0142. The molecule has 2 aromatic rings. The zero-order valence-corrected chi connectivity index (χ0v) is 17.8. The Labute approximate surface area is 179 Å². The number of hydrogen-bond donors (Lipinski definition) is 2. The smallest absolute Gasteiger partial charge is 0.435 e. The molecule has 0 radical (unpaired) electrons. The number of carbonyl (C=O) groups is 3. The fourth-order valence-electron chi connectivity index (χ4n) is 3.06. The monoisotopic (exact) mass is 458 g/mol. The molecule has 2 aromatic heterocycles. The molecule has 0 saturated heterocycles. The number of carbonyl (C=O) groups excluding carboxylic acids is 3. The van der Waals surface area contributed by atoms with E-state index >= 15 is 0 Å². The van der Waals surface area contributed by atoms with Gasteiger partial charge in [-0.15, -0.1) is 11.3 Å². The van der Waals surface area contributed by atoms with E-state index in [9.17, 15) is 27.6 Å². The molecule has 0 aliphatic heterocycles. The van der Waals surface area contributed by atoms with E-state index in [0.717, 1.165) is 34.9 Å². The van der Waals surface area contributed by atoms with Gasteiger partial charge in [-0.25, -0.2) is 4.79 Å². The number of nitrogens with two attached hydrogens (primary N) is 1. The number of esters is 1. The van der Waals surface area contributed by atoms with Crippen molar-refractivity contribution in [3.8, 4) is 0 Å². The number of thiophene rings is 1. The van der Waals surface area contributed by atoms with E-state index in [0.29, 0.717) is 5.69 Å². The van der Waals surface area contributed by atoms with Gasteiger partial charge in [0.1, 0.15) is 11.5 Å². The molecule has 31 heavy (non-hydrogen) atoms. The van der Waals surface area contributed by atoms with E-state index in [1.165, 1.54) is 6.92 Å². The number of alkyl halides is 3. The van der Waals surface area contributed by atoms with Crippen LogP contribution in [0.15, 0.2) is 6.07 Å². The standard InChI is InChI=1S/C19H21F3N4O4S/c1-8(2)30-18(29)14-9(3)15(16(23)28)31-17(14)24-13(27)7-26-11(10-4-5-10)6-12(25-26)19(20,21)22/h6,8,10H,4-5,7H2,1-3H3,(H2,23,28)(H,24,27). The summed E-state index contributed by atoms with van der Waals surface area (Å²) in [5, 5.41) is 6.07. The molecule has 0 aromatic carbocycles. The summed E-state index contributed by atoms with van der Waals surface area (Å²) in [6, 6.07) is 0.955. The molecule has 2 heterocycles. The molecule has 168 valence electrons. The number of aromatic nitrogens is 2. The number of nitrogens with one attached hydrogen (secondary N) is 1. The fourth-order valence-corrected chi connectivity index (χ4v) is 4.12. The number of ether oxygens (including phenoxy) is 1. The van der Waals surface area contributed by atoms with Gasteiger partial charge in [0.15, 0.2) is 5.69 Å². The van der Waals surface area contributed by atoms with Gasteiger partial charge in [-0.05, 0) is 45.2 Å². The van der Waals surface area contributed by atoms with Crippen LogP contribution in [0.2, 0.25) is 0 Å². The minimum Gasteiger partial charge on any atom is -0.459 e. The Morgan fingerprint density at radius 2 is 2.00 bits per heavy atom. The van der Waals surface area contributed by atoms with Crippen molar-refractivity contribution in [3.05, 3.63) is 33.5 Å². The lowest BCUT2D eigenvalue weighted by molar-refractivity contribution is -0.141. The number of nitrogens with zero attached hydrogens (tertiary/aromatic N) is 2. The second kappa shape index (κ2) is 8.33. The van der Waals surface area contributed by atoms with E-state index in [2.05, 4.69) is 10.4 Å². The Hall–Kier alpha value is -2.89. The van der Waals surface area contributed by atoms with Crippen molar-refractivity contribution in [1.82, 2.24) is 9.78 Å². The van der Waals surface area contributed by atoms with Crippen molar-refractivity contribution in [2.45, 2.75) is 58.4 Å². The first-order valence-electron chi connectivity index (χ1n) is 9.47. The van der Waals surface area contributed by atoms with Crippen LogP contribution in [-0.4, -0.2) is 33.7 Å². The molecular weight excluding hydrogens is 437 g/mol. The van der Waals surface area contributed by atoms with E-state index in [4.69, 9.17) is 10.5 Å². The molecule has 0 unspecified atom stereocenters. The molecule has 1 fully saturated rings. The molecule has 8 nitrogen and oxygen atoms in total. The Balaban J connectivity index is 1.87. The average Bonchev–Trinajstić information content (AvgIpc) is 3.28. The molecule has 12 heteroatoms. The summed E-state index contributed by atoms with van der Waals surface area (Å²) in [6.07, 6.45) is -3.62. The summed E-state index contributed by atoms with van der Waals surface area (Å²) in [5.41, 5.74) is 4.86. The van der Waals surface area contributed by atoms with Gasteiger partial charge < -0.3 is 15.8 Å². The Morgan fingerprint density at radius 3 is 2.52 bits per heavy atom. The predicted octanol–water partition coefficient (Wildman–Crippen LogP) is 3.45. The van der Waals surface area contributed by atoms with Crippen LogP contribution in [0.1, 0.15) is 69.6 Å². The van der Waals surface area contributed by atoms with E-state index < -0.39 is 42.3 Å². The largest absolute Gasteiger partial charge is 0.459 e. The van der Waals surface area contributed by atoms with E-state index in [1.54, 1.807) is 13.8 Å². The summed E-state index contributed by atoms with van der Waals surface area (Å²) in [6.45, 7) is 4.30. The highest BCUT2D eigenvalue weighted by molar-refractivity contribution is 7.18. The fraction of sp³-hybridized carbons (Fsp3) is 0.474. The third-order valence-corrected chi connectivity index (χ3v) is 5.78. The second-order valence-corrected chi connectivity index (χ2v) is 8.53. The van der Waals surface area contributed by atoms with Gasteiger partial charge in [0.25, 0.3) is 5.91 Å². The van der Waals surface area contributed by atoms with E-state index in [-0.39, 0.29) is 26.9 Å². The van der Waals surface area contributed by atoms with Crippen molar-refractivity contribution in [2.75, 3.05) is 5.32 Å². The summed E-state index contributed by atoms with van der Waals surface area (Å²) >= 11 is 0.804. The molecule has 0 atom stereocenters. The Bertz CT molecular complexity index is 1040. The lowest BCUT2D eigenvalue weighted by Crippen LogP contribution is -2.22. The summed E-state index contributed by atoms with van der Waals surface area (Å²) in [7, 11) is 0. The first-order chi connectivity index (χ1) is 14.4. The van der Waals surface area contributed by atoms with Crippen LogP contribution >= 0.6 is 11.3 Å². The molecule has 1 aliphatic carbocycles. The minimum atomic E-state index is -4.62. The quantitative estimate of drug-likeness (QED) is 0.617. The molecule has 3 N–H and O–H groups in total. The highest BCUT2D eigenvalue weighted by atomic mass is 32.1. The van der Waals surface area contributed by atoms with Gasteiger partial charge in [0, 0.05) is 11.6 Å². The normalized spacial score (nSPS) is 14.0. The van der Waals surface area contributed by atoms with Crippen molar-refractivity contribution in [3.63, 3.8) is 0 Å². The average molecular weight is 458 g/mol. The predicted molar refractivity (Wildman–Crippen MR) is 106 cm³/mol. The molecule has 3 rings (SSSR count). The maximum atomic E-state index is 13.0. The zero-order valence-electron chi connectivity index (χ0n) is 17.0. The molecule has 1 aliphatic rings. The van der Waals surface area contributed by atoms with Gasteiger partial charge in [-0.1, -0.05) is 0 Å². The number of rotatable bonds is 7. The molecule has 0 spiro atoms. The highest BCUT2D eigenvalue weighted by Gasteiger charge is 2.38. The molecular formula is C19H21F3N4O4S. The van der Waals surface area contributed by atoms with Crippen LogP contribution in [0, 0.1) is 6.92 Å². The molecule has 0 bridgehead atoms. The van der Waals surface area contributed by atoms with Gasteiger partial charge in [-0.2, -0.15) is 18.3 Å². The number of amides is 2. The maximum Gasteiger partial charge on any atom is 0.435 e. The molecule has 1 saturated carbocycles. The SMILES string of the molecule is Cc1c(C(N)=O)sc(NC(=O)Cn2nc(C(F)(F)F)cc2C2CC2)c1C(=O)OC(C)C. The van der Waals surface area contributed by atoms with Crippen LogP contribution in [-0.2, 0) is 22.3 Å². The van der Waals surface area contributed by atoms with Gasteiger partial charge in [0.2, 0.25) is 5.91 Å². The topological polar surface area (TPSA) is 116 Å². The number of anilines is 1. The summed E-state index contributed by atoms with van der Waals surface area (Å²) < 4.78 is 45.3. The maximum absolute atomic E-state index is 13.0. The number of halogens is 3. The van der Waals surface area contributed by atoms with Gasteiger partial charge in [-0.3, -0.25) is 14.3 Å². The second-order valence-electron chi connectivity index (χ2n) is 7.51. The van der Waals surface area contributed by atoms with Crippen LogP contribution in [0.5, 0.6) is 0 Å².